The zero-order valence-corrected chi connectivity index (χ0v) is 11.5. The van der Waals surface area contributed by atoms with Crippen molar-refractivity contribution >= 4 is 16.7 Å². The second-order valence-corrected chi connectivity index (χ2v) is 4.78. The van der Waals surface area contributed by atoms with E-state index in [0.29, 0.717) is 16.9 Å². The molecule has 0 amide bonds. The number of benzene rings is 3. The molecule has 21 heavy (non-hydrogen) atoms. The summed E-state index contributed by atoms with van der Waals surface area (Å²) in [5.74, 6) is -0.226. The Morgan fingerprint density at radius 1 is 0.952 bits per heavy atom. The summed E-state index contributed by atoms with van der Waals surface area (Å²) < 4.78 is 5.22. The smallest absolute Gasteiger partial charge is 0.336 e. The molecule has 3 heteroatoms. The first kappa shape index (κ1) is 13.2. The SMILES string of the molecule is COc1cccc(-c2cc3ccccc3cc2C(=O)O)c1. The fraction of sp³-hybridized carbons (Fsp3) is 0.0556. The molecule has 0 saturated heterocycles. The van der Waals surface area contributed by atoms with E-state index in [0.717, 1.165) is 16.3 Å². The van der Waals surface area contributed by atoms with Gasteiger partial charge < -0.3 is 9.84 Å². The van der Waals surface area contributed by atoms with Crippen molar-refractivity contribution < 1.29 is 14.6 Å². The van der Waals surface area contributed by atoms with Crippen molar-refractivity contribution in [1.29, 1.82) is 0 Å². The second-order valence-electron chi connectivity index (χ2n) is 4.78. The van der Waals surface area contributed by atoms with Crippen LogP contribution in [0, 0.1) is 0 Å². The Labute approximate surface area is 122 Å². The number of hydrogen-bond acceptors (Lipinski definition) is 2. The largest absolute Gasteiger partial charge is 0.497 e. The lowest BCUT2D eigenvalue weighted by Gasteiger charge is -2.10. The number of carboxylic acid groups (broad SMARTS) is 1. The Hall–Kier alpha value is -2.81. The summed E-state index contributed by atoms with van der Waals surface area (Å²) in [6.45, 7) is 0. The highest BCUT2D eigenvalue weighted by atomic mass is 16.5. The van der Waals surface area contributed by atoms with Crippen LogP contribution in [0.15, 0.2) is 60.7 Å². The summed E-state index contributed by atoms with van der Waals surface area (Å²) in [5.41, 5.74) is 1.82. The van der Waals surface area contributed by atoms with E-state index in [1.54, 1.807) is 13.2 Å². The lowest BCUT2D eigenvalue weighted by Crippen LogP contribution is -2.00. The summed E-state index contributed by atoms with van der Waals surface area (Å²) in [5, 5.41) is 11.4. The van der Waals surface area contributed by atoms with Gasteiger partial charge in [-0.25, -0.2) is 4.79 Å². The third-order valence-electron chi connectivity index (χ3n) is 3.50. The summed E-state index contributed by atoms with van der Waals surface area (Å²) in [6.07, 6.45) is 0. The summed E-state index contributed by atoms with van der Waals surface area (Å²) >= 11 is 0. The van der Waals surface area contributed by atoms with E-state index < -0.39 is 5.97 Å². The maximum atomic E-state index is 11.6. The highest BCUT2D eigenvalue weighted by Crippen LogP contribution is 2.30. The Morgan fingerprint density at radius 2 is 1.67 bits per heavy atom. The molecule has 3 aromatic carbocycles. The van der Waals surface area contributed by atoms with E-state index in [-0.39, 0.29) is 0 Å². The lowest BCUT2D eigenvalue weighted by atomic mass is 9.95. The van der Waals surface area contributed by atoms with E-state index in [9.17, 15) is 9.90 Å². The van der Waals surface area contributed by atoms with Gasteiger partial charge in [-0.05, 0) is 46.2 Å². The zero-order valence-electron chi connectivity index (χ0n) is 11.5. The van der Waals surface area contributed by atoms with Crippen LogP contribution in [-0.4, -0.2) is 18.2 Å². The van der Waals surface area contributed by atoms with Crippen molar-refractivity contribution in [3.05, 3.63) is 66.2 Å². The van der Waals surface area contributed by atoms with Crippen LogP contribution in [0.5, 0.6) is 5.75 Å². The summed E-state index contributed by atoms with van der Waals surface area (Å²) in [4.78, 5) is 11.6. The number of hydrogen-bond donors (Lipinski definition) is 1. The van der Waals surface area contributed by atoms with Gasteiger partial charge in [0, 0.05) is 0 Å². The van der Waals surface area contributed by atoms with Crippen LogP contribution < -0.4 is 4.74 Å². The topological polar surface area (TPSA) is 46.5 Å². The normalized spacial score (nSPS) is 10.5. The van der Waals surface area contributed by atoms with E-state index >= 15 is 0 Å². The highest BCUT2D eigenvalue weighted by Gasteiger charge is 2.13. The Kier molecular flexibility index (Phi) is 3.32. The van der Waals surface area contributed by atoms with Gasteiger partial charge in [0.25, 0.3) is 0 Å². The molecule has 104 valence electrons. The van der Waals surface area contributed by atoms with Crippen molar-refractivity contribution in [2.24, 2.45) is 0 Å². The van der Waals surface area contributed by atoms with Crippen LogP contribution in [-0.2, 0) is 0 Å². The minimum absolute atomic E-state index is 0.293. The molecule has 3 nitrogen and oxygen atoms in total. The number of carboxylic acids is 1. The van der Waals surface area contributed by atoms with E-state index in [4.69, 9.17) is 4.74 Å². The second kappa shape index (κ2) is 5.29. The number of aromatic carboxylic acids is 1. The molecular formula is C18H14O3. The minimum atomic E-state index is -0.932. The number of fused-ring (bicyclic) bond motifs is 1. The van der Waals surface area contributed by atoms with Gasteiger partial charge in [0.15, 0.2) is 0 Å². The minimum Gasteiger partial charge on any atom is -0.497 e. The van der Waals surface area contributed by atoms with Crippen LogP contribution in [0.25, 0.3) is 21.9 Å². The van der Waals surface area contributed by atoms with Crippen LogP contribution in [0.1, 0.15) is 10.4 Å². The molecule has 0 unspecified atom stereocenters. The number of carbonyl (C=O) groups is 1. The van der Waals surface area contributed by atoms with Gasteiger partial charge in [0.05, 0.1) is 12.7 Å². The molecule has 3 aromatic rings. The van der Waals surface area contributed by atoms with Crippen LogP contribution >= 0.6 is 0 Å². The van der Waals surface area contributed by atoms with Gasteiger partial charge in [0.1, 0.15) is 5.75 Å². The molecule has 0 aromatic heterocycles. The third-order valence-corrected chi connectivity index (χ3v) is 3.50. The fourth-order valence-corrected chi connectivity index (χ4v) is 2.45. The molecule has 0 saturated carbocycles. The quantitative estimate of drug-likeness (QED) is 0.780. The van der Waals surface area contributed by atoms with Crippen LogP contribution in [0.2, 0.25) is 0 Å². The Bertz CT molecular complexity index is 822. The van der Waals surface area contributed by atoms with Gasteiger partial charge in [-0.15, -0.1) is 0 Å². The first-order chi connectivity index (χ1) is 10.2. The third kappa shape index (κ3) is 2.46. The molecule has 0 heterocycles. The highest BCUT2D eigenvalue weighted by molar-refractivity contribution is 6.02. The van der Waals surface area contributed by atoms with Crippen molar-refractivity contribution in [3.8, 4) is 16.9 Å². The van der Waals surface area contributed by atoms with Crippen molar-refractivity contribution in [3.63, 3.8) is 0 Å². The van der Waals surface area contributed by atoms with Crippen molar-refractivity contribution in [1.82, 2.24) is 0 Å². The fourth-order valence-electron chi connectivity index (χ4n) is 2.45. The maximum Gasteiger partial charge on any atom is 0.336 e. The first-order valence-corrected chi connectivity index (χ1v) is 6.59. The molecule has 3 rings (SSSR count). The molecule has 0 fully saturated rings. The molecule has 0 radical (unpaired) electrons. The van der Waals surface area contributed by atoms with Gasteiger partial charge in [-0.2, -0.15) is 0 Å². The lowest BCUT2D eigenvalue weighted by molar-refractivity contribution is 0.0698. The molecule has 0 aliphatic heterocycles. The monoisotopic (exact) mass is 278 g/mol. The van der Waals surface area contributed by atoms with Crippen molar-refractivity contribution in [2.75, 3.05) is 7.11 Å². The van der Waals surface area contributed by atoms with Crippen LogP contribution in [0.3, 0.4) is 0 Å². The van der Waals surface area contributed by atoms with Gasteiger partial charge in [-0.3, -0.25) is 0 Å². The molecular weight excluding hydrogens is 264 g/mol. The standard InChI is InChI=1S/C18H14O3/c1-21-15-8-4-7-14(9-15)16-10-12-5-2-3-6-13(12)11-17(16)18(19)20/h2-11H,1H3,(H,19,20). The van der Waals surface area contributed by atoms with E-state index in [2.05, 4.69) is 0 Å². The Morgan fingerprint density at radius 3 is 2.33 bits per heavy atom. The predicted octanol–water partition coefficient (Wildman–Crippen LogP) is 4.21. The van der Waals surface area contributed by atoms with E-state index in [1.807, 2.05) is 54.6 Å². The number of methoxy groups -OCH3 is 1. The zero-order chi connectivity index (χ0) is 14.8. The molecule has 0 spiro atoms. The van der Waals surface area contributed by atoms with Gasteiger partial charge >= 0.3 is 5.97 Å². The van der Waals surface area contributed by atoms with Crippen LogP contribution in [0.4, 0.5) is 0 Å². The number of ether oxygens (including phenoxy) is 1. The summed E-state index contributed by atoms with van der Waals surface area (Å²) in [6, 6.07) is 18.8. The van der Waals surface area contributed by atoms with Crippen molar-refractivity contribution in [2.45, 2.75) is 0 Å². The Balaban J connectivity index is 2.28. The summed E-state index contributed by atoms with van der Waals surface area (Å²) in [7, 11) is 1.59. The first-order valence-electron chi connectivity index (χ1n) is 6.59. The molecule has 0 atom stereocenters. The van der Waals surface area contributed by atoms with E-state index in [1.165, 1.54) is 0 Å². The number of rotatable bonds is 3. The van der Waals surface area contributed by atoms with Gasteiger partial charge in [-0.1, -0.05) is 36.4 Å². The molecule has 0 bridgehead atoms. The average Bonchev–Trinajstić information content (AvgIpc) is 2.53. The maximum absolute atomic E-state index is 11.6. The average molecular weight is 278 g/mol. The molecule has 1 N–H and O–H groups in total. The van der Waals surface area contributed by atoms with Gasteiger partial charge in [0.2, 0.25) is 0 Å². The molecule has 0 aliphatic rings. The predicted molar refractivity (Wildman–Crippen MR) is 82.9 cm³/mol. The molecule has 0 aliphatic carbocycles.